The van der Waals surface area contributed by atoms with E-state index in [2.05, 4.69) is 5.32 Å². The van der Waals surface area contributed by atoms with Crippen LogP contribution in [0.15, 0.2) is 12.1 Å². The summed E-state index contributed by atoms with van der Waals surface area (Å²) in [5, 5.41) is 2.77. The first kappa shape index (κ1) is 17.1. The minimum Gasteiger partial charge on any atom is -0.341 e. The van der Waals surface area contributed by atoms with Crippen molar-refractivity contribution in [1.29, 1.82) is 0 Å². The summed E-state index contributed by atoms with van der Waals surface area (Å²) in [4.78, 5) is 28.9. The van der Waals surface area contributed by atoms with Crippen molar-refractivity contribution in [2.24, 2.45) is 0 Å². The van der Waals surface area contributed by atoms with Gasteiger partial charge in [0.15, 0.2) is 0 Å². The third-order valence-electron chi connectivity index (χ3n) is 3.75. The van der Waals surface area contributed by atoms with Crippen molar-refractivity contribution >= 4 is 34.9 Å². The first-order valence-electron chi connectivity index (χ1n) is 7.52. The van der Waals surface area contributed by atoms with Crippen LogP contribution in [0.1, 0.15) is 31.1 Å². The van der Waals surface area contributed by atoms with Crippen LogP contribution in [-0.4, -0.2) is 47.9 Å². The summed E-state index contributed by atoms with van der Waals surface area (Å²) in [6, 6.07) is 2.97. The molecule has 5 nitrogen and oxygen atoms in total. The number of amides is 3. The molecule has 2 heterocycles. The van der Waals surface area contributed by atoms with E-state index in [0.717, 1.165) is 30.8 Å². The fourth-order valence-electron chi connectivity index (χ4n) is 2.49. The molecule has 1 aliphatic rings. The molecule has 22 heavy (non-hydrogen) atoms. The second-order valence-corrected chi connectivity index (χ2v) is 7.42. The first-order chi connectivity index (χ1) is 10.5. The van der Waals surface area contributed by atoms with E-state index < -0.39 is 6.04 Å². The lowest BCUT2D eigenvalue weighted by Crippen LogP contribution is -2.51. The van der Waals surface area contributed by atoms with E-state index >= 15 is 0 Å². The highest BCUT2D eigenvalue weighted by Crippen LogP contribution is 2.22. The van der Waals surface area contributed by atoms with Gasteiger partial charge in [-0.15, -0.1) is 11.3 Å². The SMILES string of the molecule is C[C@@H](NC(=O)N(C)Cc1ccc(Cl)s1)C(=O)N1CCCCC1. The van der Waals surface area contributed by atoms with Gasteiger partial charge in [0.05, 0.1) is 10.9 Å². The molecule has 1 aromatic heterocycles. The van der Waals surface area contributed by atoms with Gasteiger partial charge in [0.25, 0.3) is 0 Å². The first-order valence-corrected chi connectivity index (χ1v) is 8.71. The Bertz CT molecular complexity index is 529. The largest absolute Gasteiger partial charge is 0.341 e. The topological polar surface area (TPSA) is 52.7 Å². The fourth-order valence-corrected chi connectivity index (χ4v) is 3.63. The van der Waals surface area contributed by atoms with Crippen LogP contribution < -0.4 is 5.32 Å². The van der Waals surface area contributed by atoms with Gasteiger partial charge in [-0.1, -0.05) is 11.6 Å². The number of urea groups is 1. The Morgan fingerprint density at radius 2 is 2.05 bits per heavy atom. The van der Waals surface area contributed by atoms with Crippen LogP contribution in [-0.2, 0) is 11.3 Å². The Hall–Kier alpha value is -1.27. The van der Waals surface area contributed by atoms with Gasteiger partial charge >= 0.3 is 6.03 Å². The Labute approximate surface area is 140 Å². The summed E-state index contributed by atoms with van der Waals surface area (Å²) < 4.78 is 0.706. The molecule has 0 saturated carbocycles. The number of piperidine rings is 1. The third-order valence-corrected chi connectivity index (χ3v) is 4.96. The van der Waals surface area contributed by atoms with Gasteiger partial charge in [-0.25, -0.2) is 4.79 Å². The van der Waals surface area contributed by atoms with Crippen LogP contribution in [0.2, 0.25) is 4.34 Å². The number of carbonyl (C=O) groups is 2. The lowest BCUT2D eigenvalue weighted by Gasteiger charge is -2.30. The van der Waals surface area contributed by atoms with E-state index in [1.54, 1.807) is 18.9 Å². The Morgan fingerprint density at radius 3 is 2.64 bits per heavy atom. The molecule has 0 unspecified atom stereocenters. The van der Waals surface area contributed by atoms with E-state index in [0.29, 0.717) is 10.9 Å². The predicted octanol–water partition coefficient (Wildman–Crippen LogP) is 2.94. The van der Waals surface area contributed by atoms with Crippen molar-refractivity contribution in [2.75, 3.05) is 20.1 Å². The number of nitrogens with one attached hydrogen (secondary N) is 1. The van der Waals surface area contributed by atoms with Gasteiger partial charge in [-0.05, 0) is 38.3 Å². The van der Waals surface area contributed by atoms with Crippen LogP contribution in [0.25, 0.3) is 0 Å². The Kier molecular flexibility index (Phi) is 6.08. The molecule has 1 N–H and O–H groups in total. The Morgan fingerprint density at radius 1 is 1.36 bits per heavy atom. The standard InChI is InChI=1S/C15H22ClN3O2S/c1-11(14(20)19-8-4-3-5-9-19)17-15(21)18(2)10-12-6-7-13(16)22-12/h6-7,11H,3-5,8-10H2,1-2H3,(H,17,21)/t11-/m1/s1. The van der Waals surface area contributed by atoms with Gasteiger partial charge in [0, 0.05) is 25.0 Å². The molecule has 1 atom stereocenters. The number of hydrogen-bond donors (Lipinski definition) is 1. The normalized spacial score (nSPS) is 16.2. The smallest absolute Gasteiger partial charge is 0.318 e. The number of rotatable bonds is 4. The molecule has 1 saturated heterocycles. The van der Waals surface area contributed by atoms with E-state index in [1.807, 2.05) is 17.0 Å². The van der Waals surface area contributed by atoms with E-state index in [4.69, 9.17) is 11.6 Å². The highest BCUT2D eigenvalue weighted by atomic mass is 35.5. The summed E-state index contributed by atoms with van der Waals surface area (Å²) in [6.45, 7) is 3.81. The number of carbonyl (C=O) groups excluding carboxylic acids is 2. The predicted molar refractivity (Wildman–Crippen MR) is 89.2 cm³/mol. The van der Waals surface area contributed by atoms with E-state index in [1.165, 1.54) is 17.8 Å². The van der Waals surface area contributed by atoms with Crippen LogP contribution >= 0.6 is 22.9 Å². The fraction of sp³-hybridized carbons (Fsp3) is 0.600. The van der Waals surface area contributed by atoms with Crippen molar-refractivity contribution in [1.82, 2.24) is 15.1 Å². The maximum absolute atomic E-state index is 12.3. The summed E-state index contributed by atoms with van der Waals surface area (Å²) in [7, 11) is 1.71. The van der Waals surface area contributed by atoms with Gasteiger partial charge in [-0.2, -0.15) is 0 Å². The van der Waals surface area contributed by atoms with Crippen LogP contribution in [0.4, 0.5) is 4.79 Å². The number of likely N-dealkylation sites (tertiary alicyclic amines) is 1. The second kappa shape index (κ2) is 7.83. The summed E-state index contributed by atoms with van der Waals surface area (Å²) in [6.07, 6.45) is 3.27. The highest BCUT2D eigenvalue weighted by Gasteiger charge is 2.24. The molecule has 0 bridgehead atoms. The molecule has 0 spiro atoms. The quantitative estimate of drug-likeness (QED) is 0.913. The van der Waals surface area contributed by atoms with E-state index in [9.17, 15) is 9.59 Å². The van der Waals surface area contributed by atoms with Crippen LogP contribution in [0.3, 0.4) is 0 Å². The zero-order chi connectivity index (χ0) is 16.1. The molecular weight excluding hydrogens is 322 g/mol. The molecule has 122 valence electrons. The molecule has 0 aliphatic carbocycles. The van der Waals surface area contributed by atoms with Gasteiger partial charge in [0.2, 0.25) is 5.91 Å². The Balaban J connectivity index is 1.83. The zero-order valence-electron chi connectivity index (χ0n) is 13.0. The van der Waals surface area contributed by atoms with Crippen LogP contribution in [0.5, 0.6) is 0 Å². The van der Waals surface area contributed by atoms with Gasteiger partial charge in [0.1, 0.15) is 6.04 Å². The van der Waals surface area contributed by atoms with Crippen molar-refractivity contribution in [2.45, 2.75) is 38.8 Å². The van der Waals surface area contributed by atoms with Crippen molar-refractivity contribution in [3.63, 3.8) is 0 Å². The van der Waals surface area contributed by atoms with Crippen molar-refractivity contribution < 1.29 is 9.59 Å². The van der Waals surface area contributed by atoms with Crippen molar-refractivity contribution in [3.8, 4) is 0 Å². The molecule has 0 radical (unpaired) electrons. The highest BCUT2D eigenvalue weighted by molar-refractivity contribution is 7.16. The lowest BCUT2D eigenvalue weighted by atomic mass is 10.1. The molecule has 2 rings (SSSR count). The summed E-state index contributed by atoms with van der Waals surface area (Å²) in [5.41, 5.74) is 0. The van der Waals surface area contributed by atoms with Crippen LogP contribution in [0, 0.1) is 0 Å². The molecule has 3 amide bonds. The second-order valence-electron chi connectivity index (χ2n) is 5.62. The molecule has 1 aromatic rings. The monoisotopic (exact) mass is 343 g/mol. The number of hydrogen-bond acceptors (Lipinski definition) is 3. The number of nitrogens with zero attached hydrogens (tertiary/aromatic N) is 2. The number of halogens is 1. The lowest BCUT2D eigenvalue weighted by molar-refractivity contribution is -0.133. The summed E-state index contributed by atoms with van der Waals surface area (Å²) >= 11 is 7.33. The minimum atomic E-state index is -0.500. The zero-order valence-corrected chi connectivity index (χ0v) is 14.5. The minimum absolute atomic E-state index is 0.000572. The maximum Gasteiger partial charge on any atom is 0.318 e. The average Bonchev–Trinajstić information content (AvgIpc) is 2.92. The third kappa shape index (κ3) is 4.61. The average molecular weight is 344 g/mol. The molecule has 7 heteroatoms. The molecule has 0 aromatic carbocycles. The molecule has 1 fully saturated rings. The maximum atomic E-state index is 12.3. The summed E-state index contributed by atoms with van der Waals surface area (Å²) in [5.74, 6) is 0.000572. The molecular formula is C15H22ClN3O2S. The molecule has 1 aliphatic heterocycles. The van der Waals surface area contributed by atoms with Crippen molar-refractivity contribution in [3.05, 3.63) is 21.3 Å². The number of thiophene rings is 1. The van der Waals surface area contributed by atoms with Gasteiger partial charge in [-0.3, -0.25) is 4.79 Å². The van der Waals surface area contributed by atoms with Gasteiger partial charge < -0.3 is 15.1 Å². The van der Waals surface area contributed by atoms with E-state index in [-0.39, 0.29) is 11.9 Å².